The van der Waals surface area contributed by atoms with Crippen LogP contribution < -0.4 is 0 Å². The summed E-state index contributed by atoms with van der Waals surface area (Å²) in [6.45, 7) is 2.00. The van der Waals surface area contributed by atoms with Crippen LogP contribution in [0.15, 0.2) is 24.3 Å². The van der Waals surface area contributed by atoms with Crippen LogP contribution in [0.1, 0.15) is 36.6 Å². The number of hydrogen-bond acceptors (Lipinski definition) is 3. The van der Waals surface area contributed by atoms with Crippen LogP contribution in [-0.4, -0.2) is 45.3 Å². The fraction of sp³-hybridized carbons (Fsp3) is 0.550. The van der Waals surface area contributed by atoms with Gasteiger partial charge in [0.2, 0.25) is 0 Å². The van der Waals surface area contributed by atoms with Crippen LogP contribution in [0, 0.1) is 17.8 Å². The van der Waals surface area contributed by atoms with Gasteiger partial charge in [-0.2, -0.15) is 0 Å². The van der Waals surface area contributed by atoms with Gasteiger partial charge in [-0.05, 0) is 49.1 Å². The van der Waals surface area contributed by atoms with E-state index in [2.05, 4.69) is 34.1 Å². The van der Waals surface area contributed by atoms with E-state index in [1.807, 2.05) is 0 Å². The molecular weight excluding hydrogens is 316 g/mol. The predicted molar refractivity (Wildman–Crippen MR) is 94.3 cm³/mol. The molecule has 25 heavy (non-hydrogen) atoms. The van der Waals surface area contributed by atoms with E-state index in [0.717, 1.165) is 32.4 Å². The second kappa shape index (κ2) is 5.58. The number of benzene rings is 1. The highest BCUT2D eigenvalue weighted by Gasteiger charge is 2.49. The molecule has 5 atom stereocenters. The Morgan fingerprint density at radius 1 is 1.24 bits per heavy atom. The van der Waals surface area contributed by atoms with Crippen molar-refractivity contribution in [1.29, 1.82) is 0 Å². The Bertz CT molecular complexity index is 829. The van der Waals surface area contributed by atoms with Crippen molar-refractivity contribution in [2.45, 2.75) is 37.8 Å². The van der Waals surface area contributed by atoms with Crippen LogP contribution in [0.5, 0.6) is 0 Å². The molecule has 132 valence electrons. The van der Waals surface area contributed by atoms with E-state index in [-0.39, 0.29) is 12.0 Å². The Hall–Kier alpha value is -1.85. The summed E-state index contributed by atoms with van der Waals surface area (Å²) in [5, 5.41) is 21.3. The molecule has 1 aromatic carbocycles. The molecule has 1 saturated carbocycles. The maximum atomic E-state index is 11.8. The molecule has 0 bridgehead atoms. The van der Waals surface area contributed by atoms with Crippen molar-refractivity contribution in [3.8, 4) is 0 Å². The summed E-state index contributed by atoms with van der Waals surface area (Å²) in [5.41, 5.74) is 3.85. The first-order valence-electron chi connectivity index (χ1n) is 9.38. The number of nitrogens with one attached hydrogen (secondary N) is 1. The molecule has 2 aromatic rings. The van der Waals surface area contributed by atoms with E-state index >= 15 is 0 Å². The third kappa shape index (κ3) is 2.26. The number of hydrogen-bond donors (Lipinski definition) is 3. The maximum Gasteiger partial charge on any atom is 0.309 e. The standard InChI is InChI=1S/C20H24N2O3/c23-17-6-5-11-10-22-8-7-13-12-3-1-2-4-15(12)21-19(13)16(22)9-14(11)18(17)20(24)25/h1-4,11,14,16-18,21,23H,5-10H2,(H,24,25)/t11-,14+,16+,17-,18+/m1/s1. The molecule has 0 spiro atoms. The average molecular weight is 340 g/mol. The van der Waals surface area contributed by atoms with E-state index < -0.39 is 18.0 Å². The van der Waals surface area contributed by atoms with Crippen molar-refractivity contribution in [2.75, 3.05) is 13.1 Å². The molecule has 5 rings (SSSR count). The van der Waals surface area contributed by atoms with Crippen LogP contribution in [0.4, 0.5) is 0 Å². The highest BCUT2D eigenvalue weighted by Crippen LogP contribution is 2.49. The summed E-state index contributed by atoms with van der Waals surface area (Å²) >= 11 is 0. The van der Waals surface area contributed by atoms with E-state index in [0.29, 0.717) is 12.3 Å². The maximum absolute atomic E-state index is 11.8. The van der Waals surface area contributed by atoms with Crippen LogP contribution in [-0.2, 0) is 11.2 Å². The largest absolute Gasteiger partial charge is 0.481 e. The highest BCUT2D eigenvalue weighted by molar-refractivity contribution is 5.85. The zero-order valence-corrected chi connectivity index (χ0v) is 14.2. The number of aromatic amines is 1. The summed E-state index contributed by atoms with van der Waals surface area (Å²) in [4.78, 5) is 17.9. The van der Waals surface area contributed by atoms with Gasteiger partial charge < -0.3 is 15.2 Å². The first-order valence-corrected chi connectivity index (χ1v) is 9.38. The topological polar surface area (TPSA) is 76.6 Å². The lowest BCUT2D eigenvalue weighted by Crippen LogP contribution is -2.53. The summed E-state index contributed by atoms with van der Waals surface area (Å²) in [7, 11) is 0. The number of aliphatic hydroxyl groups is 1. The molecule has 0 amide bonds. The van der Waals surface area contributed by atoms with Gasteiger partial charge >= 0.3 is 5.97 Å². The lowest BCUT2D eigenvalue weighted by atomic mass is 9.65. The van der Waals surface area contributed by atoms with Gasteiger partial charge in [0.1, 0.15) is 0 Å². The highest BCUT2D eigenvalue weighted by atomic mass is 16.4. The molecule has 3 N–H and O–H groups in total. The minimum atomic E-state index is -0.830. The molecule has 3 aliphatic rings. The lowest BCUT2D eigenvalue weighted by Gasteiger charge is -2.50. The van der Waals surface area contributed by atoms with Crippen LogP contribution in [0.3, 0.4) is 0 Å². The molecule has 3 heterocycles. The lowest BCUT2D eigenvalue weighted by molar-refractivity contribution is -0.156. The Labute approximate surface area is 146 Å². The van der Waals surface area contributed by atoms with Gasteiger partial charge in [0.05, 0.1) is 18.1 Å². The van der Waals surface area contributed by atoms with Gasteiger partial charge in [-0.1, -0.05) is 18.2 Å². The van der Waals surface area contributed by atoms with E-state index in [4.69, 9.17) is 0 Å². The second-order valence-electron chi connectivity index (χ2n) is 7.99. The summed E-state index contributed by atoms with van der Waals surface area (Å²) in [5.74, 6) is -0.981. The van der Waals surface area contributed by atoms with Gasteiger partial charge in [0, 0.05) is 29.7 Å². The normalized spacial score (nSPS) is 35.0. The van der Waals surface area contributed by atoms with Crippen LogP contribution in [0.2, 0.25) is 0 Å². The van der Waals surface area contributed by atoms with Crippen molar-refractivity contribution in [2.24, 2.45) is 17.8 Å². The van der Waals surface area contributed by atoms with E-state index in [1.54, 1.807) is 0 Å². The number of aromatic nitrogens is 1. The number of piperidine rings is 1. The van der Waals surface area contributed by atoms with Crippen molar-refractivity contribution < 1.29 is 15.0 Å². The van der Waals surface area contributed by atoms with Gasteiger partial charge in [-0.15, -0.1) is 0 Å². The molecule has 0 radical (unpaired) electrons. The molecule has 1 aromatic heterocycles. The number of carboxylic acids is 1. The average Bonchev–Trinajstić information content (AvgIpc) is 2.99. The predicted octanol–water partition coefficient (Wildman–Crippen LogP) is 2.56. The summed E-state index contributed by atoms with van der Waals surface area (Å²) in [6.07, 6.45) is 2.75. The number of aliphatic carboxylic acids is 1. The number of fused-ring (bicyclic) bond motifs is 6. The third-order valence-corrected chi connectivity index (χ3v) is 6.83. The Kier molecular flexibility index (Phi) is 3.44. The summed E-state index contributed by atoms with van der Waals surface area (Å²) in [6, 6.07) is 8.68. The molecule has 5 nitrogen and oxygen atoms in total. The Balaban J connectivity index is 1.54. The number of aliphatic hydroxyl groups excluding tert-OH is 1. The SMILES string of the molecule is O=C(O)[C@H]1[C@H]2C[C@H]3c4[nH]c5ccccc5c4CCN3C[C@H]2CC[C@H]1O. The zero-order valence-electron chi connectivity index (χ0n) is 14.2. The van der Waals surface area contributed by atoms with E-state index in [1.165, 1.54) is 22.2 Å². The molecule has 2 aliphatic heterocycles. The van der Waals surface area contributed by atoms with Gasteiger partial charge in [-0.25, -0.2) is 0 Å². The van der Waals surface area contributed by atoms with Crippen LogP contribution >= 0.6 is 0 Å². The molecule has 0 unspecified atom stereocenters. The second-order valence-corrected chi connectivity index (χ2v) is 7.99. The molecule has 2 fully saturated rings. The minimum absolute atomic E-state index is 0.0693. The van der Waals surface area contributed by atoms with Gasteiger partial charge in [-0.3, -0.25) is 9.69 Å². The number of H-pyrrole nitrogens is 1. The van der Waals surface area contributed by atoms with E-state index in [9.17, 15) is 15.0 Å². The quantitative estimate of drug-likeness (QED) is 0.746. The molecular formula is C20H24N2O3. The number of rotatable bonds is 1. The van der Waals surface area contributed by atoms with Crippen molar-refractivity contribution in [3.63, 3.8) is 0 Å². The first-order chi connectivity index (χ1) is 12.1. The molecule has 1 saturated heterocycles. The van der Waals surface area contributed by atoms with Crippen molar-refractivity contribution in [3.05, 3.63) is 35.5 Å². The van der Waals surface area contributed by atoms with Crippen LogP contribution in [0.25, 0.3) is 10.9 Å². The minimum Gasteiger partial charge on any atom is -0.481 e. The Morgan fingerprint density at radius 2 is 2.08 bits per heavy atom. The smallest absolute Gasteiger partial charge is 0.309 e. The summed E-state index contributed by atoms with van der Waals surface area (Å²) < 4.78 is 0. The fourth-order valence-corrected chi connectivity index (χ4v) is 5.68. The monoisotopic (exact) mass is 340 g/mol. The van der Waals surface area contributed by atoms with Crippen molar-refractivity contribution >= 4 is 16.9 Å². The van der Waals surface area contributed by atoms with Crippen molar-refractivity contribution in [1.82, 2.24) is 9.88 Å². The molecule has 1 aliphatic carbocycles. The Morgan fingerprint density at radius 3 is 2.92 bits per heavy atom. The zero-order chi connectivity index (χ0) is 17.1. The molecule has 5 heteroatoms. The fourth-order valence-electron chi connectivity index (χ4n) is 5.68. The number of carbonyl (C=O) groups is 1. The van der Waals surface area contributed by atoms with Gasteiger partial charge in [0.25, 0.3) is 0 Å². The number of nitrogens with zero attached hydrogens (tertiary/aromatic N) is 1. The first kappa shape index (κ1) is 15.4. The van der Waals surface area contributed by atoms with Gasteiger partial charge in [0.15, 0.2) is 0 Å². The number of para-hydroxylation sites is 1. The third-order valence-electron chi connectivity index (χ3n) is 6.83. The number of carboxylic acid groups (broad SMARTS) is 1.